The van der Waals surface area contributed by atoms with E-state index in [1.807, 2.05) is 0 Å². The molecule has 2 N–H and O–H groups in total. The van der Waals surface area contributed by atoms with E-state index in [-0.39, 0.29) is 22.8 Å². The summed E-state index contributed by atoms with van der Waals surface area (Å²) >= 11 is 0. The van der Waals surface area contributed by atoms with Gasteiger partial charge >= 0.3 is 5.97 Å². The number of nitrogens with zero attached hydrogens (tertiary/aromatic N) is 1. The summed E-state index contributed by atoms with van der Waals surface area (Å²) in [6.45, 7) is 0. The first-order valence-electron chi connectivity index (χ1n) is 5.86. The van der Waals surface area contributed by atoms with Crippen molar-refractivity contribution in [2.24, 2.45) is 0 Å². The average molecular weight is 290 g/mol. The minimum absolute atomic E-state index is 0.0233. The van der Waals surface area contributed by atoms with Gasteiger partial charge in [0.1, 0.15) is 17.4 Å². The molecule has 2 rings (SSSR count). The van der Waals surface area contributed by atoms with Gasteiger partial charge in [0, 0.05) is 6.07 Å². The fraction of sp³-hybridized carbons (Fsp3) is 0.0714. The molecule has 108 valence electrons. The quantitative estimate of drug-likeness (QED) is 0.901. The van der Waals surface area contributed by atoms with Gasteiger partial charge in [0.15, 0.2) is 5.69 Å². The molecule has 0 saturated carbocycles. The lowest BCUT2D eigenvalue weighted by Crippen LogP contribution is -2.15. The molecule has 0 aliphatic carbocycles. The Morgan fingerprint density at radius 1 is 1.29 bits per heavy atom. The van der Waals surface area contributed by atoms with Crippen LogP contribution in [-0.2, 0) is 0 Å². The van der Waals surface area contributed by atoms with Gasteiger partial charge in [-0.2, -0.15) is 0 Å². The number of pyridine rings is 1. The number of hydrogen-bond acceptors (Lipinski definition) is 4. The van der Waals surface area contributed by atoms with Crippen LogP contribution in [0.1, 0.15) is 20.8 Å². The molecule has 1 aromatic heterocycles. The number of halogens is 1. The summed E-state index contributed by atoms with van der Waals surface area (Å²) in [5.41, 5.74) is -0.415. The van der Waals surface area contributed by atoms with Crippen LogP contribution in [0.3, 0.4) is 0 Å². The number of carboxylic acid groups (broad SMARTS) is 1. The summed E-state index contributed by atoms with van der Waals surface area (Å²) in [6, 6.07) is 7.91. The van der Waals surface area contributed by atoms with Crippen molar-refractivity contribution in [3.8, 4) is 5.75 Å². The number of rotatable bonds is 4. The van der Waals surface area contributed by atoms with Gasteiger partial charge in [0.05, 0.1) is 12.7 Å². The monoisotopic (exact) mass is 290 g/mol. The van der Waals surface area contributed by atoms with Crippen molar-refractivity contribution in [2.75, 3.05) is 12.4 Å². The average Bonchev–Trinajstić information content (AvgIpc) is 2.47. The second-order valence-electron chi connectivity index (χ2n) is 4.01. The lowest BCUT2D eigenvalue weighted by molar-refractivity contribution is 0.0690. The molecular formula is C14H11FN2O4. The Hall–Kier alpha value is -2.96. The second kappa shape index (κ2) is 6.00. The van der Waals surface area contributed by atoms with E-state index >= 15 is 0 Å². The Balaban J connectivity index is 2.22. The number of aromatic nitrogens is 1. The Kier molecular flexibility index (Phi) is 4.13. The van der Waals surface area contributed by atoms with E-state index in [0.717, 1.165) is 6.07 Å². The highest BCUT2D eigenvalue weighted by atomic mass is 19.1. The molecule has 1 aromatic carbocycles. The molecule has 0 aliphatic rings. The Morgan fingerprint density at radius 3 is 2.67 bits per heavy atom. The first kappa shape index (κ1) is 14.4. The van der Waals surface area contributed by atoms with Crippen LogP contribution >= 0.6 is 0 Å². The molecule has 2 aromatic rings. The molecule has 1 amide bonds. The van der Waals surface area contributed by atoms with E-state index in [1.165, 1.54) is 37.4 Å². The highest BCUT2D eigenvalue weighted by molar-refractivity contribution is 6.04. The number of methoxy groups -OCH3 is 1. The zero-order valence-corrected chi connectivity index (χ0v) is 11.0. The van der Waals surface area contributed by atoms with Crippen LogP contribution in [0.2, 0.25) is 0 Å². The van der Waals surface area contributed by atoms with Crippen LogP contribution in [0, 0.1) is 5.82 Å². The van der Waals surface area contributed by atoms with E-state index in [9.17, 15) is 14.0 Å². The van der Waals surface area contributed by atoms with Crippen molar-refractivity contribution in [3.63, 3.8) is 0 Å². The van der Waals surface area contributed by atoms with Crippen LogP contribution in [0.4, 0.5) is 10.2 Å². The zero-order valence-electron chi connectivity index (χ0n) is 11.0. The maximum atomic E-state index is 13.7. The predicted molar refractivity (Wildman–Crippen MR) is 72.1 cm³/mol. The smallest absolute Gasteiger partial charge is 0.354 e. The minimum Gasteiger partial charge on any atom is -0.497 e. The molecule has 0 aliphatic heterocycles. The molecule has 0 unspecified atom stereocenters. The van der Waals surface area contributed by atoms with Crippen molar-refractivity contribution in [3.05, 3.63) is 53.5 Å². The van der Waals surface area contributed by atoms with E-state index in [4.69, 9.17) is 9.84 Å². The molecular weight excluding hydrogens is 279 g/mol. The number of amides is 1. The largest absolute Gasteiger partial charge is 0.497 e. The van der Waals surface area contributed by atoms with Crippen LogP contribution in [0.15, 0.2) is 36.4 Å². The molecule has 6 nitrogen and oxygen atoms in total. The van der Waals surface area contributed by atoms with Crippen molar-refractivity contribution in [1.82, 2.24) is 4.98 Å². The first-order valence-corrected chi connectivity index (χ1v) is 5.86. The summed E-state index contributed by atoms with van der Waals surface area (Å²) < 4.78 is 18.6. The molecule has 1 heterocycles. The van der Waals surface area contributed by atoms with Gasteiger partial charge in [0.2, 0.25) is 0 Å². The molecule has 0 bridgehead atoms. The van der Waals surface area contributed by atoms with Gasteiger partial charge in [0.25, 0.3) is 5.91 Å². The first-order chi connectivity index (χ1) is 10.0. The van der Waals surface area contributed by atoms with Crippen LogP contribution in [0.25, 0.3) is 0 Å². The summed E-state index contributed by atoms with van der Waals surface area (Å²) in [7, 11) is 1.38. The molecule has 21 heavy (non-hydrogen) atoms. The van der Waals surface area contributed by atoms with Gasteiger partial charge in [-0.1, -0.05) is 6.07 Å². The van der Waals surface area contributed by atoms with Crippen molar-refractivity contribution < 1.29 is 23.8 Å². The number of ether oxygens (including phenoxy) is 1. The summed E-state index contributed by atoms with van der Waals surface area (Å²) in [6.07, 6.45) is 0. The summed E-state index contributed by atoms with van der Waals surface area (Å²) in [5.74, 6) is -2.39. The summed E-state index contributed by atoms with van der Waals surface area (Å²) in [5, 5.41) is 11.2. The van der Waals surface area contributed by atoms with Gasteiger partial charge in [-0.3, -0.25) is 4.79 Å². The fourth-order valence-electron chi connectivity index (χ4n) is 1.61. The fourth-order valence-corrected chi connectivity index (χ4v) is 1.61. The van der Waals surface area contributed by atoms with Crippen LogP contribution in [-0.4, -0.2) is 29.1 Å². The molecule has 0 spiro atoms. The number of carbonyl (C=O) groups excluding carboxylic acids is 1. The van der Waals surface area contributed by atoms with Gasteiger partial charge in [-0.05, 0) is 24.3 Å². The maximum Gasteiger partial charge on any atom is 0.354 e. The van der Waals surface area contributed by atoms with E-state index < -0.39 is 17.7 Å². The number of benzene rings is 1. The SMILES string of the molecule is COc1ccc(C(=O)Nc2cccc(C(=O)O)n2)c(F)c1. The van der Waals surface area contributed by atoms with Crippen LogP contribution < -0.4 is 10.1 Å². The predicted octanol–water partition coefficient (Wildman–Crippen LogP) is 2.18. The normalized spacial score (nSPS) is 10.0. The lowest BCUT2D eigenvalue weighted by atomic mass is 10.2. The third-order valence-corrected chi connectivity index (χ3v) is 2.63. The highest BCUT2D eigenvalue weighted by Crippen LogP contribution is 2.17. The van der Waals surface area contributed by atoms with Gasteiger partial charge in [-0.15, -0.1) is 0 Å². The highest BCUT2D eigenvalue weighted by Gasteiger charge is 2.14. The topological polar surface area (TPSA) is 88.5 Å². The summed E-state index contributed by atoms with van der Waals surface area (Å²) in [4.78, 5) is 26.4. The maximum absolute atomic E-state index is 13.7. The Morgan fingerprint density at radius 2 is 2.05 bits per heavy atom. The number of hydrogen-bond donors (Lipinski definition) is 2. The number of nitrogens with one attached hydrogen (secondary N) is 1. The zero-order chi connectivity index (χ0) is 15.4. The number of aromatic carboxylic acids is 1. The van der Waals surface area contributed by atoms with Crippen molar-refractivity contribution >= 4 is 17.7 Å². The van der Waals surface area contributed by atoms with Gasteiger partial charge < -0.3 is 15.2 Å². The molecule has 7 heteroatoms. The van der Waals surface area contributed by atoms with E-state index in [1.54, 1.807) is 0 Å². The Bertz CT molecular complexity index is 703. The molecule has 0 fully saturated rings. The minimum atomic E-state index is -1.22. The third kappa shape index (κ3) is 3.33. The number of carboxylic acids is 1. The van der Waals surface area contributed by atoms with Crippen molar-refractivity contribution in [2.45, 2.75) is 0 Å². The van der Waals surface area contributed by atoms with Crippen molar-refractivity contribution in [1.29, 1.82) is 0 Å². The molecule has 0 radical (unpaired) electrons. The van der Waals surface area contributed by atoms with E-state index in [0.29, 0.717) is 0 Å². The van der Waals surface area contributed by atoms with Crippen LogP contribution in [0.5, 0.6) is 5.75 Å². The van der Waals surface area contributed by atoms with E-state index in [2.05, 4.69) is 10.3 Å². The number of anilines is 1. The lowest BCUT2D eigenvalue weighted by Gasteiger charge is -2.07. The van der Waals surface area contributed by atoms with Gasteiger partial charge in [-0.25, -0.2) is 14.2 Å². The number of carbonyl (C=O) groups is 2. The molecule has 0 saturated heterocycles. The second-order valence-corrected chi connectivity index (χ2v) is 4.01. The standard InChI is InChI=1S/C14H11FN2O4/c1-21-8-5-6-9(10(15)7-8)13(18)17-12-4-2-3-11(16-12)14(19)20/h2-7H,1H3,(H,19,20)(H,16,17,18). The molecule has 0 atom stereocenters. The Labute approximate surface area is 119 Å². The third-order valence-electron chi connectivity index (χ3n) is 2.63.